The van der Waals surface area contributed by atoms with Crippen molar-refractivity contribution in [1.82, 2.24) is 10.2 Å². The molecule has 23 heavy (non-hydrogen) atoms. The molecule has 0 aliphatic rings. The van der Waals surface area contributed by atoms with Gasteiger partial charge >= 0.3 is 6.09 Å². The van der Waals surface area contributed by atoms with Gasteiger partial charge < -0.3 is 15.0 Å². The van der Waals surface area contributed by atoms with Crippen molar-refractivity contribution in [3.05, 3.63) is 33.8 Å². The summed E-state index contributed by atoms with van der Waals surface area (Å²) < 4.78 is 5.34. The number of nitrogens with zero attached hydrogens (tertiary/aromatic N) is 1. The van der Waals surface area contributed by atoms with Gasteiger partial charge in [-0.25, -0.2) is 4.79 Å². The van der Waals surface area contributed by atoms with E-state index in [4.69, 9.17) is 27.9 Å². The Morgan fingerprint density at radius 3 is 2.39 bits per heavy atom. The fourth-order valence-corrected chi connectivity index (χ4v) is 2.62. The summed E-state index contributed by atoms with van der Waals surface area (Å²) in [6.45, 7) is 9.60. The molecule has 0 heterocycles. The van der Waals surface area contributed by atoms with Crippen LogP contribution in [-0.4, -0.2) is 36.7 Å². The van der Waals surface area contributed by atoms with Crippen LogP contribution in [0.3, 0.4) is 0 Å². The molecule has 0 saturated heterocycles. The first-order chi connectivity index (χ1) is 10.6. The summed E-state index contributed by atoms with van der Waals surface area (Å²) in [5.74, 6) is 0.272. The SMILES string of the molecule is CC(CNCc1c(Cl)cccc1Cl)CN(C)C(=O)OC(C)(C)C. The Kier molecular flexibility index (Phi) is 7.65. The number of benzene rings is 1. The minimum atomic E-state index is -0.479. The summed E-state index contributed by atoms with van der Waals surface area (Å²) in [6.07, 6.45) is -0.307. The molecule has 0 saturated carbocycles. The van der Waals surface area contributed by atoms with Crippen LogP contribution in [-0.2, 0) is 11.3 Å². The van der Waals surface area contributed by atoms with Gasteiger partial charge in [-0.1, -0.05) is 36.2 Å². The first-order valence-electron chi connectivity index (χ1n) is 7.68. The predicted octanol–water partition coefficient (Wildman–Crippen LogP) is 4.59. The van der Waals surface area contributed by atoms with Crippen LogP contribution in [0.25, 0.3) is 0 Å². The van der Waals surface area contributed by atoms with E-state index in [2.05, 4.69) is 12.2 Å². The fraction of sp³-hybridized carbons (Fsp3) is 0.588. The molecule has 130 valence electrons. The van der Waals surface area contributed by atoms with Gasteiger partial charge in [0.05, 0.1) is 0 Å². The van der Waals surface area contributed by atoms with Crippen molar-refractivity contribution in [2.24, 2.45) is 5.92 Å². The number of hydrogen-bond donors (Lipinski definition) is 1. The molecule has 1 atom stereocenters. The molecule has 1 N–H and O–H groups in total. The molecule has 1 rings (SSSR count). The number of hydrogen-bond acceptors (Lipinski definition) is 3. The molecule has 1 aromatic carbocycles. The quantitative estimate of drug-likeness (QED) is 0.806. The molecule has 0 aromatic heterocycles. The van der Waals surface area contributed by atoms with Gasteiger partial charge in [-0.3, -0.25) is 0 Å². The second-order valence-electron chi connectivity index (χ2n) is 6.80. The minimum absolute atomic E-state index is 0.272. The van der Waals surface area contributed by atoms with E-state index in [0.29, 0.717) is 23.1 Å². The Hall–Kier alpha value is -0.970. The van der Waals surface area contributed by atoms with Crippen molar-refractivity contribution < 1.29 is 9.53 Å². The summed E-state index contributed by atoms with van der Waals surface area (Å²) in [5.41, 5.74) is 0.414. The zero-order valence-corrected chi connectivity index (χ0v) is 16.0. The zero-order valence-electron chi connectivity index (χ0n) is 14.5. The highest BCUT2D eigenvalue weighted by Crippen LogP contribution is 2.23. The molecular formula is C17H26Cl2N2O2. The first-order valence-corrected chi connectivity index (χ1v) is 8.43. The lowest BCUT2D eigenvalue weighted by atomic mass is 10.1. The van der Waals surface area contributed by atoms with Crippen molar-refractivity contribution in [3.63, 3.8) is 0 Å². The van der Waals surface area contributed by atoms with Gasteiger partial charge in [0.25, 0.3) is 0 Å². The number of amides is 1. The van der Waals surface area contributed by atoms with Crippen LogP contribution >= 0.6 is 23.2 Å². The second-order valence-corrected chi connectivity index (χ2v) is 7.61. The van der Waals surface area contributed by atoms with Gasteiger partial charge in [-0.2, -0.15) is 0 Å². The van der Waals surface area contributed by atoms with Crippen molar-refractivity contribution in [2.75, 3.05) is 20.1 Å². The van der Waals surface area contributed by atoms with Gasteiger partial charge in [-0.15, -0.1) is 0 Å². The summed E-state index contributed by atoms with van der Waals surface area (Å²) in [6, 6.07) is 5.47. The maximum Gasteiger partial charge on any atom is 0.410 e. The summed E-state index contributed by atoms with van der Waals surface area (Å²) >= 11 is 12.3. The van der Waals surface area contributed by atoms with E-state index in [1.165, 1.54) is 0 Å². The number of carbonyl (C=O) groups excluding carboxylic acids is 1. The Morgan fingerprint density at radius 1 is 1.30 bits per heavy atom. The van der Waals surface area contributed by atoms with Gasteiger partial charge in [0.1, 0.15) is 5.60 Å². The Balaban J connectivity index is 2.40. The molecule has 1 unspecified atom stereocenters. The molecule has 0 aliphatic carbocycles. The van der Waals surface area contributed by atoms with Gasteiger partial charge in [0.2, 0.25) is 0 Å². The lowest BCUT2D eigenvalue weighted by Crippen LogP contribution is -2.38. The van der Waals surface area contributed by atoms with Gasteiger partial charge in [0, 0.05) is 35.7 Å². The van der Waals surface area contributed by atoms with E-state index in [-0.39, 0.29) is 12.0 Å². The third-order valence-electron chi connectivity index (χ3n) is 3.15. The maximum absolute atomic E-state index is 11.9. The van der Waals surface area contributed by atoms with E-state index < -0.39 is 5.60 Å². The molecule has 0 bridgehead atoms. The van der Waals surface area contributed by atoms with Crippen LogP contribution in [0.15, 0.2) is 18.2 Å². The number of halogens is 2. The van der Waals surface area contributed by atoms with Crippen molar-refractivity contribution in [2.45, 2.75) is 39.8 Å². The van der Waals surface area contributed by atoms with Crippen molar-refractivity contribution in [1.29, 1.82) is 0 Å². The summed E-state index contributed by atoms with van der Waals surface area (Å²) in [4.78, 5) is 13.5. The largest absolute Gasteiger partial charge is 0.444 e. The normalized spacial score (nSPS) is 12.8. The highest BCUT2D eigenvalue weighted by molar-refractivity contribution is 6.35. The molecular weight excluding hydrogens is 335 g/mol. The van der Waals surface area contributed by atoms with Crippen LogP contribution < -0.4 is 5.32 Å². The molecule has 6 heteroatoms. The van der Waals surface area contributed by atoms with E-state index in [1.807, 2.05) is 39.0 Å². The zero-order chi connectivity index (χ0) is 17.6. The second kappa shape index (κ2) is 8.76. The molecule has 0 spiro atoms. The Morgan fingerprint density at radius 2 is 1.87 bits per heavy atom. The van der Waals surface area contributed by atoms with E-state index in [0.717, 1.165) is 12.1 Å². The van der Waals surface area contributed by atoms with Crippen LogP contribution in [0, 0.1) is 5.92 Å². The lowest BCUT2D eigenvalue weighted by molar-refractivity contribution is 0.0277. The topological polar surface area (TPSA) is 41.6 Å². The van der Waals surface area contributed by atoms with Gasteiger partial charge in [-0.05, 0) is 45.4 Å². The summed E-state index contributed by atoms with van der Waals surface area (Å²) in [7, 11) is 1.75. The average Bonchev–Trinajstić information content (AvgIpc) is 2.40. The smallest absolute Gasteiger partial charge is 0.410 e. The average molecular weight is 361 g/mol. The number of carbonyl (C=O) groups is 1. The maximum atomic E-state index is 11.9. The highest BCUT2D eigenvalue weighted by atomic mass is 35.5. The van der Waals surface area contributed by atoms with Crippen molar-refractivity contribution in [3.8, 4) is 0 Å². The van der Waals surface area contributed by atoms with Crippen LogP contribution in [0.1, 0.15) is 33.3 Å². The fourth-order valence-electron chi connectivity index (χ4n) is 2.09. The lowest BCUT2D eigenvalue weighted by Gasteiger charge is -2.26. The van der Waals surface area contributed by atoms with Crippen LogP contribution in [0.4, 0.5) is 4.79 Å². The molecule has 0 radical (unpaired) electrons. The number of ether oxygens (including phenoxy) is 1. The Bertz CT molecular complexity index is 510. The van der Waals surface area contributed by atoms with Crippen LogP contribution in [0.5, 0.6) is 0 Å². The molecule has 0 aliphatic heterocycles. The van der Waals surface area contributed by atoms with E-state index >= 15 is 0 Å². The number of nitrogens with one attached hydrogen (secondary N) is 1. The van der Waals surface area contributed by atoms with E-state index in [1.54, 1.807) is 11.9 Å². The monoisotopic (exact) mass is 360 g/mol. The summed E-state index contributed by atoms with van der Waals surface area (Å²) in [5, 5.41) is 4.64. The number of rotatable bonds is 6. The molecule has 4 nitrogen and oxygen atoms in total. The third-order valence-corrected chi connectivity index (χ3v) is 3.86. The first kappa shape index (κ1) is 20.1. The standard InChI is InChI=1S/C17H26Cl2N2O2/c1-12(11-21(5)16(22)23-17(2,3)4)9-20-10-13-14(18)7-6-8-15(13)19/h6-8,12,20H,9-11H2,1-5H3. The molecule has 0 fully saturated rings. The Labute approximate surface area is 149 Å². The van der Waals surface area contributed by atoms with Crippen molar-refractivity contribution >= 4 is 29.3 Å². The van der Waals surface area contributed by atoms with Gasteiger partial charge in [0.15, 0.2) is 0 Å². The third kappa shape index (κ3) is 7.42. The molecule has 1 aromatic rings. The minimum Gasteiger partial charge on any atom is -0.444 e. The predicted molar refractivity (Wildman–Crippen MR) is 96.2 cm³/mol. The molecule has 1 amide bonds. The highest BCUT2D eigenvalue weighted by Gasteiger charge is 2.20. The van der Waals surface area contributed by atoms with E-state index in [9.17, 15) is 4.79 Å². The van der Waals surface area contributed by atoms with Crippen LogP contribution in [0.2, 0.25) is 10.0 Å².